The number of ether oxygens (including phenoxy) is 2. The van der Waals surface area contributed by atoms with Crippen LogP contribution in [0.2, 0.25) is 0 Å². The highest BCUT2D eigenvalue weighted by molar-refractivity contribution is 6.15. The predicted octanol–water partition coefficient (Wildman–Crippen LogP) is 2.47. The zero-order valence-corrected chi connectivity index (χ0v) is 14.7. The van der Waals surface area contributed by atoms with Gasteiger partial charge < -0.3 is 20.1 Å². The van der Waals surface area contributed by atoms with Gasteiger partial charge in [0.15, 0.2) is 5.57 Å². The molecule has 0 spiro atoms. The van der Waals surface area contributed by atoms with E-state index in [2.05, 4.69) is 15.6 Å². The van der Waals surface area contributed by atoms with Crippen molar-refractivity contribution in [1.29, 1.82) is 0 Å². The number of carbonyl (C=O) groups excluding carboxylic acids is 3. The molecule has 0 atom stereocenters. The fourth-order valence-electron chi connectivity index (χ4n) is 2.36. The summed E-state index contributed by atoms with van der Waals surface area (Å²) in [5.74, 6) is -2.92. The van der Waals surface area contributed by atoms with Crippen molar-refractivity contribution >= 4 is 29.4 Å². The Kier molecular flexibility index (Phi) is 4.89. The Hall–Kier alpha value is -3.68. The number of benzene rings is 1. The number of hydrogen-bond acceptors (Lipinski definition) is 7. The molecule has 27 heavy (non-hydrogen) atoms. The molecule has 8 heteroatoms. The maximum Gasteiger partial charge on any atom is 0.350 e. The fraction of sp³-hybridized carbons (Fsp3) is 0.158. The van der Waals surface area contributed by atoms with Crippen LogP contribution in [0.1, 0.15) is 24.2 Å². The lowest BCUT2D eigenvalue weighted by molar-refractivity contribution is -0.222. The van der Waals surface area contributed by atoms with Crippen molar-refractivity contribution in [3.63, 3.8) is 0 Å². The molecule has 0 radical (unpaired) electrons. The minimum atomic E-state index is -1.31. The second-order valence-corrected chi connectivity index (χ2v) is 6.10. The fourth-order valence-corrected chi connectivity index (χ4v) is 2.36. The molecule has 1 aliphatic rings. The van der Waals surface area contributed by atoms with E-state index in [4.69, 9.17) is 9.47 Å². The average molecular weight is 367 g/mol. The van der Waals surface area contributed by atoms with Crippen LogP contribution >= 0.6 is 0 Å². The van der Waals surface area contributed by atoms with E-state index in [-0.39, 0.29) is 5.57 Å². The molecule has 1 fully saturated rings. The zero-order chi connectivity index (χ0) is 19.4. The molecular weight excluding hydrogens is 350 g/mol. The van der Waals surface area contributed by atoms with E-state index in [9.17, 15) is 14.4 Å². The summed E-state index contributed by atoms with van der Waals surface area (Å²) in [5.41, 5.74) is 0.399. The number of rotatable bonds is 4. The molecule has 0 bridgehead atoms. The first-order chi connectivity index (χ1) is 12.9. The minimum Gasteiger partial charge on any atom is -0.419 e. The van der Waals surface area contributed by atoms with Crippen molar-refractivity contribution in [2.75, 3.05) is 10.6 Å². The number of pyridine rings is 1. The van der Waals surface area contributed by atoms with Crippen LogP contribution < -0.4 is 10.6 Å². The van der Waals surface area contributed by atoms with Gasteiger partial charge >= 0.3 is 11.9 Å². The van der Waals surface area contributed by atoms with E-state index in [1.54, 1.807) is 48.7 Å². The second-order valence-electron chi connectivity index (χ2n) is 6.10. The van der Waals surface area contributed by atoms with Gasteiger partial charge in [-0.2, -0.15) is 0 Å². The number of carbonyl (C=O) groups is 3. The lowest BCUT2D eigenvalue weighted by Gasteiger charge is -2.29. The molecule has 8 nitrogen and oxygen atoms in total. The standard InChI is InChI=1S/C19H17N3O5/c1-19(2)26-17(24)13(18(25)27-19)11-21-14-8-4-3-7-12(14)16(23)22-15-9-5-6-10-20-15/h3-11,21H,1-2H3,(H,20,22,23). The smallest absolute Gasteiger partial charge is 0.350 e. The topological polar surface area (TPSA) is 107 Å². The summed E-state index contributed by atoms with van der Waals surface area (Å²) in [6.45, 7) is 2.93. The van der Waals surface area contributed by atoms with Gasteiger partial charge in [-0.15, -0.1) is 0 Å². The Labute approximate surface area is 155 Å². The van der Waals surface area contributed by atoms with Gasteiger partial charge in [0.05, 0.1) is 11.3 Å². The molecule has 2 aromatic rings. The first-order valence-corrected chi connectivity index (χ1v) is 8.10. The molecule has 1 aromatic heterocycles. The van der Waals surface area contributed by atoms with Crippen LogP contribution in [0.3, 0.4) is 0 Å². The number of cyclic esters (lactones) is 2. The van der Waals surface area contributed by atoms with E-state index in [1.807, 2.05) is 0 Å². The van der Waals surface area contributed by atoms with Crippen LogP contribution in [-0.4, -0.2) is 28.6 Å². The van der Waals surface area contributed by atoms with Gasteiger partial charge in [-0.1, -0.05) is 18.2 Å². The van der Waals surface area contributed by atoms with Crippen LogP contribution in [0.4, 0.5) is 11.5 Å². The van der Waals surface area contributed by atoms with E-state index in [0.717, 1.165) is 6.20 Å². The van der Waals surface area contributed by atoms with Crippen LogP contribution in [0.25, 0.3) is 0 Å². The maximum absolute atomic E-state index is 12.5. The molecular formula is C19H17N3O5. The van der Waals surface area contributed by atoms with Gasteiger partial charge in [0, 0.05) is 26.2 Å². The molecule has 0 unspecified atom stereocenters. The third-order valence-electron chi connectivity index (χ3n) is 3.57. The van der Waals surface area contributed by atoms with Gasteiger partial charge in [-0.05, 0) is 24.3 Å². The molecule has 1 aromatic carbocycles. The number of anilines is 2. The number of para-hydroxylation sites is 1. The first kappa shape index (κ1) is 18.1. The summed E-state index contributed by atoms with van der Waals surface area (Å²) >= 11 is 0. The first-order valence-electron chi connectivity index (χ1n) is 8.10. The Morgan fingerprint density at radius 3 is 2.37 bits per heavy atom. The molecule has 1 amide bonds. The third-order valence-corrected chi connectivity index (χ3v) is 3.57. The quantitative estimate of drug-likeness (QED) is 0.486. The number of esters is 2. The molecule has 1 aliphatic heterocycles. The predicted molar refractivity (Wildman–Crippen MR) is 96.6 cm³/mol. The monoisotopic (exact) mass is 367 g/mol. The third kappa shape index (κ3) is 4.30. The largest absolute Gasteiger partial charge is 0.419 e. The van der Waals surface area contributed by atoms with Gasteiger partial charge in [0.1, 0.15) is 5.82 Å². The minimum absolute atomic E-state index is 0.297. The highest BCUT2D eigenvalue weighted by Gasteiger charge is 2.39. The molecule has 1 saturated heterocycles. The highest BCUT2D eigenvalue weighted by Crippen LogP contribution is 2.23. The summed E-state index contributed by atoms with van der Waals surface area (Å²) in [6, 6.07) is 11.8. The number of nitrogens with zero attached hydrogens (tertiary/aromatic N) is 1. The molecule has 2 N–H and O–H groups in total. The molecule has 2 heterocycles. The summed E-state index contributed by atoms with van der Waals surface area (Å²) in [5, 5.41) is 5.46. The van der Waals surface area contributed by atoms with Crippen molar-refractivity contribution in [2.45, 2.75) is 19.6 Å². The van der Waals surface area contributed by atoms with Crippen molar-refractivity contribution in [2.24, 2.45) is 0 Å². The normalized spacial score (nSPS) is 15.4. The van der Waals surface area contributed by atoms with Crippen molar-refractivity contribution < 1.29 is 23.9 Å². The molecule has 138 valence electrons. The van der Waals surface area contributed by atoms with Gasteiger partial charge in [0.25, 0.3) is 11.7 Å². The van der Waals surface area contributed by atoms with Crippen LogP contribution in [-0.2, 0) is 19.1 Å². The highest BCUT2D eigenvalue weighted by atomic mass is 16.7. The molecule has 0 aliphatic carbocycles. The van der Waals surface area contributed by atoms with E-state index < -0.39 is 23.6 Å². The lowest BCUT2D eigenvalue weighted by atomic mass is 10.1. The number of nitrogens with one attached hydrogen (secondary N) is 2. The number of amides is 1. The Morgan fingerprint density at radius 1 is 1.04 bits per heavy atom. The molecule has 3 rings (SSSR count). The van der Waals surface area contributed by atoms with Crippen LogP contribution in [0, 0.1) is 0 Å². The summed E-state index contributed by atoms with van der Waals surface area (Å²) in [7, 11) is 0. The Morgan fingerprint density at radius 2 is 1.70 bits per heavy atom. The summed E-state index contributed by atoms with van der Waals surface area (Å²) < 4.78 is 10.0. The number of hydrogen-bond donors (Lipinski definition) is 2. The van der Waals surface area contributed by atoms with Crippen LogP contribution in [0.15, 0.2) is 60.4 Å². The Balaban J connectivity index is 1.79. The van der Waals surface area contributed by atoms with Gasteiger partial charge in [-0.25, -0.2) is 14.6 Å². The van der Waals surface area contributed by atoms with Gasteiger partial charge in [-0.3, -0.25) is 4.79 Å². The second kappa shape index (κ2) is 7.28. The SMILES string of the molecule is CC1(C)OC(=O)C(=CNc2ccccc2C(=O)Nc2ccccn2)C(=O)O1. The molecule has 0 saturated carbocycles. The summed E-state index contributed by atoms with van der Waals surface area (Å²) in [4.78, 5) is 40.5. The van der Waals surface area contributed by atoms with Crippen molar-refractivity contribution in [1.82, 2.24) is 4.98 Å². The lowest BCUT2D eigenvalue weighted by Crippen LogP contribution is -2.42. The average Bonchev–Trinajstić information content (AvgIpc) is 2.61. The van der Waals surface area contributed by atoms with Crippen LogP contribution in [0.5, 0.6) is 0 Å². The van der Waals surface area contributed by atoms with E-state index >= 15 is 0 Å². The van der Waals surface area contributed by atoms with Crippen molar-refractivity contribution in [3.8, 4) is 0 Å². The zero-order valence-electron chi connectivity index (χ0n) is 14.7. The van der Waals surface area contributed by atoms with E-state index in [0.29, 0.717) is 17.1 Å². The summed E-state index contributed by atoms with van der Waals surface area (Å²) in [6.07, 6.45) is 2.72. The van der Waals surface area contributed by atoms with E-state index in [1.165, 1.54) is 13.8 Å². The number of aromatic nitrogens is 1. The van der Waals surface area contributed by atoms with Crippen molar-refractivity contribution in [3.05, 3.63) is 66.0 Å². The van der Waals surface area contributed by atoms with Gasteiger partial charge in [0.2, 0.25) is 0 Å². The Bertz CT molecular complexity index is 900. The maximum atomic E-state index is 12.5.